The summed E-state index contributed by atoms with van der Waals surface area (Å²) in [5, 5.41) is 2.09. The van der Waals surface area contributed by atoms with Crippen LogP contribution >= 0.6 is 0 Å². The molecule has 0 saturated heterocycles. The quantitative estimate of drug-likeness (QED) is 0.189. The zero-order valence-electron chi connectivity index (χ0n) is 20.9. The molecule has 13 heteroatoms. The number of ether oxygens (including phenoxy) is 1. The van der Waals surface area contributed by atoms with Gasteiger partial charge in [0.1, 0.15) is 5.76 Å². The Morgan fingerprint density at radius 1 is 1.20 bits per heavy atom. The predicted octanol–water partition coefficient (Wildman–Crippen LogP) is 5.07. The Morgan fingerprint density at radius 3 is 2.45 bits per heavy atom. The Kier molecular flexibility index (Phi) is 9.80. The van der Waals surface area contributed by atoms with Gasteiger partial charge < -0.3 is 8.92 Å². The van der Waals surface area contributed by atoms with Crippen LogP contribution in [-0.4, -0.2) is 38.9 Å². The number of carbonyl (C=O) groups excluding carboxylic acids is 1. The molecule has 0 aliphatic heterocycles. The maximum atomic E-state index is 13.5. The number of hydrogen-bond acceptors (Lipinski definition) is 7. The van der Waals surface area contributed by atoms with Crippen molar-refractivity contribution in [1.29, 1.82) is 0 Å². The maximum absolute atomic E-state index is 13.5. The molecule has 0 radical (unpaired) electrons. The first kappa shape index (κ1) is 32.4. The van der Waals surface area contributed by atoms with E-state index >= 15 is 0 Å². The Morgan fingerprint density at radius 2 is 1.88 bits per heavy atom. The van der Waals surface area contributed by atoms with Crippen LogP contribution in [0.3, 0.4) is 0 Å². The molecule has 1 aromatic carbocycles. The largest absolute Gasteiger partial charge is 0.534 e. The van der Waals surface area contributed by atoms with Crippen LogP contribution in [0.15, 0.2) is 24.3 Å². The molecule has 3 rings (SSSR count). The molecule has 0 fully saturated rings. The predicted molar refractivity (Wildman–Crippen MR) is 146 cm³/mol. The van der Waals surface area contributed by atoms with E-state index in [2.05, 4.69) is 21.9 Å². The van der Waals surface area contributed by atoms with Gasteiger partial charge >= 0.3 is 31.6 Å². The Balaban J connectivity index is 0.00000420. The number of benzene rings is 1. The van der Waals surface area contributed by atoms with Crippen molar-refractivity contribution in [1.82, 2.24) is 3.97 Å². The molecule has 0 spiro atoms. The normalized spacial score (nSPS) is 14.8. The zero-order chi connectivity index (χ0) is 29.2. The molecule has 1 unspecified atom stereocenters. The summed E-state index contributed by atoms with van der Waals surface area (Å²) >= 11 is 0. The number of hydrogen-bond donors (Lipinski definition) is 0. The highest BCUT2D eigenvalue weighted by Gasteiger charge is 2.50. The summed E-state index contributed by atoms with van der Waals surface area (Å²) in [7, 11) is -10.7. The number of fused-ring (bicyclic) bond motifs is 3. The minimum Gasteiger partial charge on any atom is -0.466 e. The van der Waals surface area contributed by atoms with E-state index in [0.717, 1.165) is 10.0 Å². The van der Waals surface area contributed by atoms with E-state index in [4.69, 9.17) is 11.2 Å². The fraction of sp³-hybridized carbons (Fsp3) is 0.370. The van der Waals surface area contributed by atoms with Gasteiger partial charge in [-0.2, -0.15) is 30.0 Å². The van der Waals surface area contributed by atoms with Crippen LogP contribution in [0.1, 0.15) is 71.1 Å². The number of halogens is 3. The minimum absolute atomic E-state index is 0. The van der Waals surface area contributed by atoms with E-state index in [-0.39, 0.29) is 56.4 Å². The van der Waals surface area contributed by atoms with Gasteiger partial charge in [-0.1, -0.05) is 27.3 Å². The van der Waals surface area contributed by atoms with Crippen LogP contribution < -0.4 is 0 Å². The van der Waals surface area contributed by atoms with Crippen LogP contribution in [0, 0.1) is 35.4 Å². The van der Waals surface area contributed by atoms with Gasteiger partial charge in [-0.15, -0.1) is 6.42 Å². The van der Waals surface area contributed by atoms with Gasteiger partial charge in [0.15, 0.2) is 0 Å². The second kappa shape index (κ2) is 12.1. The second-order valence-corrected chi connectivity index (χ2v) is 11.6. The number of terminal acetylenes is 1. The van der Waals surface area contributed by atoms with Crippen molar-refractivity contribution < 1.29 is 45.1 Å². The van der Waals surface area contributed by atoms with Crippen molar-refractivity contribution in [3.8, 4) is 35.4 Å². The van der Waals surface area contributed by atoms with E-state index < -0.39 is 43.3 Å². The SMILES string of the molecule is C.C#CC#CC#CS(=O)(=O)n1c2c(c3cc(C(C)C)ccc31)C(OS(=O)(=O)C(F)(F)F)=CCC2CC(=O)OCC.[HH]. The first-order valence-electron chi connectivity index (χ1n) is 11.4. The van der Waals surface area contributed by atoms with Crippen molar-refractivity contribution in [2.24, 2.45) is 0 Å². The summed E-state index contributed by atoms with van der Waals surface area (Å²) in [6.07, 6.45) is 5.51. The number of allylic oxidation sites excluding steroid dienone is 1. The Labute approximate surface area is 233 Å². The highest BCUT2D eigenvalue weighted by atomic mass is 32.2. The van der Waals surface area contributed by atoms with Gasteiger partial charge in [-0.3, -0.25) is 4.79 Å². The van der Waals surface area contributed by atoms with Crippen molar-refractivity contribution >= 4 is 42.8 Å². The topological polar surface area (TPSA) is 109 Å². The molecule has 0 amide bonds. The number of aromatic nitrogens is 1. The summed E-state index contributed by atoms with van der Waals surface area (Å²) in [4.78, 5) is 12.4. The monoisotopic (exact) mass is 599 g/mol. The first-order chi connectivity index (χ1) is 18.1. The molecule has 0 bridgehead atoms. The first-order valence-corrected chi connectivity index (χ1v) is 14.3. The Bertz CT molecular complexity index is 1740. The highest BCUT2D eigenvalue weighted by Crippen LogP contribution is 2.46. The number of nitrogens with zero attached hydrogens (tertiary/aromatic N) is 1. The average Bonchev–Trinajstić information content (AvgIpc) is 3.19. The lowest BCUT2D eigenvalue weighted by Gasteiger charge is -2.24. The Hall–Kier alpha value is -3.86. The van der Waals surface area contributed by atoms with Crippen LogP contribution in [0.5, 0.6) is 0 Å². The molecule has 1 aromatic heterocycles. The van der Waals surface area contributed by atoms with Gasteiger partial charge in [-0.05, 0) is 54.9 Å². The van der Waals surface area contributed by atoms with Crippen LogP contribution in [0.2, 0.25) is 0 Å². The van der Waals surface area contributed by atoms with E-state index in [9.17, 15) is 34.8 Å². The number of carbonyl (C=O) groups is 1. The van der Waals surface area contributed by atoms with Crippen LogP contribution in [0.25, 0.3) is 16.7 Å². The average molecular weight is 600 g/mol. The van der Waals surface area contributed by atoms with E-state index in [1.807, 2.05) is 25.0 Å². The minimum atomic E-state index is -6.11. The molecule has 40 heavy (non-hydrogen) atoms. The van der Waals surface area contributed by atoms with Crippen molar-refractivity contribution in [2.75, 3.05) is 6.61 Å². The van der Waals surface area contributed by atoms with Crippen molar-refractivity contribution in [3.63, 3.8) is 0 Å². The molecular formula is C27H28F3NO7S2. The summed E-state index contributed by atoms with van der Waals surface area (Å²) in [5.74, 6) is 5.96. The van der Waals surface area contributed by atoms with Crippen molar-refractivity contribution in [3.05, 3.63) is 41.1 Å². The maximum Gasteiger partial charge on any atom is 0.534 e. The summed E-state index contributed by atoms with van der Waals surface area (Å²) in [6, 6.07) is 4.57. The van der Waals surface area contributed by atoms with Gasteiger partial charge in [-0.25, -0.2) is 3.97 Å². The third-order valence-corrected chi connectivity index (χ3v) is 7.89. The molecule has 8 nitrogen and oxygen atoms in total. The second-order valence-electron chi connectivity index (χ2n) is 8.58. The van der Waals surface area contributed by atoms with Gasteiger partial charge in [0.25, 0.3) is 0 Å². The van der Waals surface area contributed by atoms with E-state index in [1.165, 1.54) is 12.1 Å². The van der Waals surface area contributed by atoms with Gasteiger partial charge in [0.05, 0.1) is 29.5 Å². The zero-order valence-corrected chi connectivity index (χ0v) is 22.6. The van der Waals surface area contributed by atoms with Crippen molar-refractivity contribution in [2.45, 2.75) is 58.4 Å². The standard InChI is InChI=1S/C26H22F3NO7S2.CH4.H2/c1-5-7-8-9-14-38(32,33)30-21-12-10-18(17(3)4)15-20(21)24-22(37-39(34,35)26(27,28)29)13-11-19(25(24)30)16-23(31)36-6-2;;/h1,10,12-13,15,17,19H,6,11,16H2,2-4H3;1H4;1H. The summed E-state index contributed by atoms with van der Waals surface area (Å²) in [5.41, 5.74) is -5.48. The van der Waals surface area contributed by atoms with Crippen LogP contribution in [-0.2, 0) is 33.9 Å². The lowest BCUT2D eigenvalue weighted by Crippen LogP contribution is -2.26. The fourth-order valence-corrected chi connectivity index (χ4v) is 5.73. The molecule has 1 heterocycles. The fourth-order valence-electron chi connectivity index (χ4n) is 4.06. The molecule has 1 atom stereocenters. The number of rotatable bonds is 7. The number of esters is 1. The lowest BCUT2D eigenvalue weighted by molar-refractivity contribution is -0.143. The third-order valence-electron chi connectivity index (χ3n) is 5.69. The number of alkyl halides is 3. The van der Waals surface area contributed by atoms with Crippen LogP contribution in [0.4, 0.5) is 13.2 Å². The summed E-state index contributed by atoms with van der Waals surface area (Å²) < 4.78 is 101. The van der Waals surface area contributed by atoms with Gasteiger partial charge in [0, 0.05) is 30.1 Å². The highest BCUT2D eigenvalue weighted by molar-refractivity contribution is 7.94. The smallest absolute Gasteiger partial charge is 0.466 e. The molecule has 1 aliphatic rings. The van der Waals surface area contributed by atoms with E-state index in [0.29, 0.717) is 5.56 Å². The molecule has 1 aliphatic carbocycles. The lowest BCUT2D eigenvalue weighted by atomic mass is 9.88. The molecule has 0 N–H and O–H groups in total. The summed E-state index contributed by atoms with van der Waals surface area (Å²) in [6.45, 7) is 5.27. The van der Waals surface area contributed by atoms with E-state index in [1.54, 1.807) is 13.0 Å². The molecule has 216 valence electrons. The molecular weight excluding hydrogens is 571 g/mol. The molecule has 2 aromatic rings. The third kappa shape index (κ3) is 6.47. The molecule has 0 saturated carbocycles. The van der Waals surface area contributed by atoms with Gasteiger partial charge in [0.2, 0.25) is 0 Å².